The van der Waals surface area contributed by atoms with Gasteiger partial charge < -0.3 is 9.84 Å². The highest BCUT2D eigenvalue weighted by Gasteiger charge is 2.04. The van der Waals surface area contributed by atoms with Crippen LogP contribution >= 0.6 is 0 Å². The molecule has 0 amide bonds. The number of benzene rings is 1. The van der Waals surface area contributed by atoms with Gasteiger partial charge in [-0.2, -0.15) is 0 Å². The molecule has 1 aromatic carbocycles. The normalized spacial score (nSPS) is 11.1. The summed E-state index contributed by atoms with van der Waals surface area (Å²) in [4.78, 5) is 21.8. The molecule has 0 aromatic heterocycles. The maximum Gasteiger partial charge on any atom is 0.333 e. The van der Waals surface area contributed by atoms with E-state index in [1.54, 1.807) is 37.3 Å². The molecule has 1 aromatic rings. The molecule has 0 spiro atoms. The van der Waals surface area contributed by atoms with Crippen LogP contribution in [0.25, 0.3) is 6.08 Å². The molecule has 0 bridgehead atoms. The van der Waals surface area contributed by atoms with Gasteiger partial charge in [0.2, 0.25) is 0 Å². The molecule has 0 unspecified atom stereocenters. The van der Waals surface area contributed by atoms with Crippen LogP contribution in [-0.2, 0) is 9.53 Å². The number of carbonyl (C=O) groups is 2. The van der Waals surface area contributed by atoms with Gasteiger partial charge in [0, 0.05) is 11.1 Å². The van der Waals surface area contributed by atoms with Crippen LogP contribution in [0.3, 0.4) is 0 Å². The lowest BCUT2D eigenvalue weighted by Gasteiger charge is -2.02. The minimum atomic E-state index is -0.460. The van der Waals surface area contributed by atoms with Crippen LogP contribution in [0.2, 0.25) is 0 Å². The fourth-order valence-corrected chi connectivity index (χ4v) is 1.23. The molecule has 0 aliphatic heterocycles. The number of hydrogen-bond donors (Lipinski definition) is 1. The summed E-state index contributed by atoms with van der Waals surface area (Å²) >= 11 is 0. The number of aliphatic hydroxyl groups is 1. The summed E-state index contributed by atoms with van der Waals surface area (Å²) in [5.41, 5.74) is 1.84. The van der Waals surface area contributed by atoms with Gasteiger partial charge in [-0.15, -0.1) is 0 Å². The summed E-state index contributed by atoms with van der Waals surface area (Å²) in [7, 11) is 0. The molecule has 0 radical (unpaired) electrons. The Labute approximate surface area is 99.5 Å². The Morgan fingerprint density at radius 3 is 2.41 bits per heavy atom. The van der Waals surface area contributed by atoms with Crippen LogP contribution in [0.4, 0.5) is 0 Å². The van der Waals surface area contributed by atoms with Crippen LogP contribution in [-0.4, -0.2) is 30.6 Å². The first-order chi connectivity index (χ1) is 8.17. The second-order valence-corrected chi connectivity index (χ2v) is 3.47. The average Bonchev–Trinajstić information content (AvgIpc) is 2.36. The second-order valence-electron chi connectivity index (χ2n) is 3.47. The smallest absolute Gasteiger partial charge is 0.333 e. The van der Waals surface area contributed by atoms with Gasteiger partial charge in [0.25, 0.3) is 0 Å². The molecule has 0 saturated heterocycles. The number of esters is 1. The Morgan fingerprint density at radius 1 is 1.29 bits per heavy atom. The van der Waals surface area contributed by atoms with E-state index in [1.807, 2.05) is 0 Å². The van der Waals surface area contributed by atoms with Gasteiger partial charge in [-0.05, 0) is 18.6 Å². The average molecular weight is 234 g/mol. The molecule has 1 rings (SSSR count). The zero-order valence-corrected chi connectivity index (χ0v) is 9.55. The van der Waals surface area contributed by atoms with Crippen LogP contribution in [0.5, 0.6) is 0 Å². The monoisotopic (exact) mass is 234 g/mol. The van der Waals surface area contributed by atoms with Gasteiger partial charge in [0.15, 0.2) is 0 Å². The lowest BCUT2D eigenvalue weighted by Crippen LogP contribution is -2.09. The summed E-state index contributed by atoms with van der Waals surface area (Å²) in [5, 5.41) is 8.51. The molecular weight excluding hydrogens is 220 g/mol. The quantitative estimate of drug-likeness (QED) is 0.475. The predicted octanol–water partition coefficient (Wildman–Crippen LogP) is 1.44. The Hall–Kier alpha value is -1.94. The van der Waals surface area contributed by atoms with E-state index in [2.05, 4.69) is 0 Å². The number of rotatable bonds is 5. The van der Waals surface area contributed by atoms with E-state index in [-0.39, 0.29) is 13.2 Å². The molecule has 0 atom stereocenters. The molecule has 0 fully saturated rings. The van der Waals surface area contributed by atoms with E-state index in [9.17, 15) is 9.59 Å². The fourth-order valence-electron chi connectivity index (χ4n) is 1.23. The molecular formula is C13H14O4. The third-order valence-corrected chi connectivity index (χ3v) is 2.10. The first-order valence-electron chi connectivity index (χ1n) is 5.19. The van der Waals surface area contributed by atoms with Crippen molar-refractivity contribution in [2.75, 3.05) is 13.2 Å². The van der Waals surface area contributed by atoms with Crippen molar-refractivity contribution in [3.05, 3.63) is 41.0 Å². The van der Waals surface area contributed by atoms with Crippen molar-refractivity contribution in [3.8, 4) is 0 Å². The fraction of sp³-hybridized carbons (Fsp3) is 0.231. The molecule has 1 N–H and O–H groups in total. The maximum absolute atomic E-state index is 11.4. The first kappa shape index (κ1) is 13.1. The predicted molar refractivity (Wildman–Crippen MR) is 63.5 cm³/mol. The SMILES string of the molecule is CC(=Cc1ccc(C=O)cc1)C(=O)OCCO. The van der Waals surface area contributed by atoms with E-state index in [1.165, 1.54) is 0 Å². The highest BCUT2D eigenvalue weighted by Crippen LogP contribution is 2.09. The van der Waals surface area contributed by atoms with Crippen LogP contribution in [0.1, 0.15) is 22.8 Å². The van der Waals surface area contributed by atoms with Crippen LogP contribution in [0, 0.1) is 0 Å². The van der Waals surface area contributed by atoms with Gasteiger partial charge in [0.1, 0.15) is 12.9 Å². The van der Waals surface area contributed by atoms with E-state index in [4.69, 9.17) is 9.84 Å². The molecule has 4 heteroatoms. The lowest BCUT2D eigenvalue weighted by molar-refractivity contribution is -0.139. The first-order valence-corrected chi connectivity index (χ1v) is 5.19. The number of carbonyl (C=O) groups excluding carboxylic acids is 2. The van der Waals surface area contributed by atoms with Crippen molar-refractivity contribution in [1.29, 1.82) is 0 Å². The zero-order valence-electron chi connectivity index (χ0n) is 9.55. The van der Waals surface area contributed by atoms with Crippen LogP contribution in [0.15, 0.2) is 29.8 Å². The van der Waals surface area contributed by atoms with Crippen LogP contribution < -0.4 is 0 Å². The zero-order chi connectivity index (χ0) is 12.7. The van der Waals surface area contributed by atoms with Crippen molar-refractivity contribution < 1.29 is 19.4 Å². The van der Waals surface area contributed by atoms with E-state index in [0.29, 0.717) is 11.1 Å². The van der Waals surface area contributed by atoms with E-state index >= 15 is 0 Å². The Morgan fingerprint density at radius 2 is 1.88 bits per heavy atom. The highest BCUT2D eigenvalue weighted by molar-refractivity contribution is 5.93. The largest absolute Gasteiger partial charge is 0.460 e. The third-order valence-electron chi connectivity index (χ3n) is 2.10. The molecule has 0 heterocycles. The Balaban J connectivity index is 2.72. The standard InChI is InChI=1S/C13H14O4/c1-10(13(16)17-7-6-14)8-11-2-4-12(9-15)5-3-11/h2-5,8-9,14H,6-7H2,1H3. The topological polar surface area (TPSA) is 63.6 Å². The Kier molecular flexibility index (Phi) is 5.10. The summed E-state index contributed by atoms with van der Waals surface area (Å²) in [6.45, 7) is 1.44. The van der Waals surface area contributed by atoms with Crippen molar-refractivity contribution in [3.63, 3.8) is 0 Å². The summed E-state index contributed by atoms with van der Waals surface area (Å²) in [5.74, 6) is -0.460. The minimum Gasteiger partial charge on any atom is -0.460 e. The molecule has 90 valence electrons. The van der Waals surface area contributed by atoms with Crippen molar-refractivity contribution in [1.82, 2.24) is 0 Å². The molecule has 0 saturated carbocycles. The Bertz CT molecular complexity index is 418. The minimum absolute atomic E-state index is 0.00586. The molecule has 4 nitrogen and oxygen atoms in total. The van der Waals surface area contributed by atoms with Crippen molar-refractivity contribution >= 4 is 18.3 Å². The number of aliphatic hydroxyl groups excluding tert-OH is 1. The highest BCUT2D eigenvalue weighted by atomic mass is 16.5. The summed E-state index contributed by atoms with van der Waals surface area (Å²) < 4.78 is 4.76. The third kappa shape index (κ3) is 4.20. The number of hydrogen-bond acceptors (Lipinski definition) is 4. The van der Waals surface area contributed by atoms with Gasteiger partial charge >= 0.3 is 5.97 Å². The van der Waals surface area contributed by atoms with Crippen molar-refractivity contribution in [2.24, 2.45) is 0 Å². The van der Waals surface area contributed by atoms with Gasteiger partial charge in [-0.1, -0.05) is 24.3 Å². The van der Waals surface area contributed by atoms with Gasteiger partial charge in [0.05, 0.1) is 6.61 Å². The lowest BCUT2D eigenvalue weighted by atomic mass is 10.1. The molecule has 0 aliphatic rings. The van der Waals surface area contributed by atoms with Crippen molar-refractivity contribution in [2.45, 2.75) is 6.92 Å². The number of aldehydes is 1. The molecule has 0 aliphatic carbocycles. The summed E-state index contributed by atoms with van der Waals surface area (Å²) in [6, 6.07) is 6.83. The van der Waals surface area contributed by atoms with Gasteiger partial charge in [-0.3, -0.25) is 4.79 Å². The number of ether oxygens (including phenoxy) is 1. The van der Waals surface area contributed by atoms with Gasteiger partial charge in [-0.25, -0.2) is 4.79 Å². The molecule has 17 heavy (non-hydrogen) atoms. The summed E-state index contributed by atoms with van der Waals surface area (Å²) in [6.07, 6.45) is 2.42. The van der Waals surface area contributed by atoms with E-state index in [0.717, 1.165) is 11.8 Å². The maximum atomic E-state index is 11.4. The second kappa shape index (κ2) is 6.60. The van der Waals surface area contributed by atoms with E-state index < -0.39 is 5.97 Å².